The van der Waals surface area contributed by atoms with Gasteiger partial charge in [0, 0.05) is 18.9 Å². The number of imidazole rings is 1. The Morgan fingerprint density at radius 1 is 0.870 bits per heavy atom. The van der Waals surface area contributed by atoms with Gasteiger partial charge in [0.2, 0.25) is 0 Å². The first-order chi connectivity index (χ1) is 11.2. The molecule has 2 N–H and O–H groups in total. The molecule has 4 rings (SSSR count). The van der Waals surface area contributed by atoms with Gasteiger partial charge in [-0.3, -0.25) is 4.98 Å². The van der Waals surface area contributed by atoms with Crippen LogP contribution in [0.5, 0.6) is 0 Å². The molecule has 0 saturated carbocycles. The van der Waals surface area contributed by atoms with Crippen LogP contribution in [0.25, 0.3) is 33.9 Å². The van der Waals surface area contributed by atoms with Gasteiger partial charge in [-0.15, -0.1) is 0 Å². The van der Waals surface area contributed by atoms with Gasteiger partial charge < -0.3 is 10.3 Å². The van der Waals surface area contributed by atoms with Crippen molar-refractivity contribution in [2.45, 2.75) is 0 Å². The average molecular weight is 301 g/mol. The summed E-state index contributed by atoms with van der Waals surface area (Å²) in [5.74, 6) is 0.809. The highest BCUT2D eigenvalue weighted by Gasteiger charge is 2.12. The molecule has 0 atom stereocenters. The monoisotopic (exact) mass is 301 g/mol. The Labute approximate surface area is 133 Å². The van der Waals surface area contributed by atoms with Crippen molar-refractivity contribution in [2.75, 3.05) is 5.73 Å². The molecule has 0 amide bonds. The van der Waals surface area contributed by atoms with Crippen molar-refractivity contribution < 1.29 is 0 Å². The van der Waals surface area contributed by atoms with E-state index in [2.05, 4.69) is 9.97 Å². The normalized spacial score (nSPS) is 11.0. The summed E-state index contributed by atoms with van der Waals surface area (Å²) in [4.78, 5) is 13.8. The Balaban J connectivity index is 1.87. The number of benzene rings is 1. The Hall–Kier alpha value is -3.21. The zero-order chi connectivity index (χ0) is 15.8. The van der Waals surface area contributed by atoms with Gasteiger partial charge in [-0.2, -0.15) is 0 Å². The predicted octanol–water partition coefficient (Wildman–Crippen LogP) is 3.28. The summed E-state index contributed by atoms with van der Waals surface area (Å²) in [6.45, 7) is 0. The first kappa shape index (κ1) is 13.5. The van der Waals surface area contributed by atoms with Crippen LogP contribution in [0.2, 0.25) is 0 Å². The SMILES string of the molecule is Cn1c(-c2cccc(-c3ccccn3)n2)nc2ccc(N)cc21. The van der Waals surface area contributed by atoms with Gasteiger partial charge in [0.25, 0.3) is 0 Å². The summed E-state index contributed by atoms with van der Waals surface area (Å²) in [5.41, 5.74) is 11.0. The molecule has 0 spiro atoms. The molecule has 3 aromatic heterocycles. The van der Waals surface area contributed by atoms with Crippen LogP contribution in [0.15, 0.2) is 60.8 Å². The van der Waals surface area contributed by atoms with Crippen molar-refractivity contribution in [1.29, 1.82) is 0 Å². The number of rotatable bonds is 2. The smallest absolute Gasteiger partial charge is 0.159 e. The van der Waals surface area contributed by atoms with E-state index in [0.717, 1.165) is 39.6 Å². The molecule has 23 heavy (non-hydrogen) atoms. The lowest BCUT2D eigenvalue weighted by atomic mass is 10.2. The Kier molecular flexibility index (Phi) is 3.05. The molecule has 1 aromatic carbocycles. The molecule has 0 saturated heterocycles. The lowest BCUT2D eigenvalue weighted by Gasteiger charge is -2.05. The molecule has 0 aliphatic carbocycles. The van der Waals surface area contributed by atoms with E-state index < -0.39 is 0 Å². The number of anilines is 1. The van der Waals surface area contributed by atoms with Crippen molar-refractivity contribution in [3.8, 4) is 22.9 Å². The lowest BCUT2D eigenvalue weighted by molar-refractivity contribution is 0.950. The molecular weight excluding hydrogens is 286 g/mol. The number of fused-ring (bicyclic) bond motifs is 1. The van der Waals surface area contributed by atoms with Gasteiger partial charge in [0.1, 0.15) is 5.69 Å². The molecule has 0 unspecified atom stereocenters. The van der Waals surface area contributed by atoms with E-state index >= 15 is 0 Å². The van der Waals surface area contributed by atoms with Gasteiger partial charge in [0.15, 0.2) is 5.82 Å². The third-order valence-corrected chi connectivity index (χ3v) is 3.81. The number of aryl methyl sites for hydroxylation is 1. The molecule has 0 aliphatic heterocycles. The molecule has 0 bridgehead atoms. The van der Waals surface area contributed by atoms with Gasteiger partial charge >= 0.3 is 0 Å². The minimum absolute atomic E-state index is 0.724. The van der Waals surface area contributed by atoms with Crippen molar-refractivity contribution in [2.24, 2.45) is 7.05 Å². The Morgan fingerprint density at radius 3 is 2.52 bits per heavy atom. The van der Waals surface area contributed by atoms with Crippen LogP contribution in [0.3, 0.4) is 0 Å². The van der Waals surface area contributed by atoms with Crippen LogP contribution in [0.1, 0.15) is 0 Å². The van der Waals surface area contributed by atoms with E-state index in [1.807, 2.05) is 66.2 Å². The summed E-state index contributed by atoms with van der Waals surface area (Å²) in [7, 11) is 1.97. The number of hydrogen-bond acceptors (Lipinski definition) is 4. The number of nitrogens with zero attached hydrogens (tertiary/aromatic N) is 4. The van der Waals surface area contributed by atoms with E-state index in [-0.39, 0.29) is 0 Å². The minimum atomic E-state index is 0.724. The lowest BCUT2D eigenvalue weighted by Crippen LogP contribution is -1.96. The third kappa shape index (κ3) is 2.32. The molecule has 0 aliphatic rings. The quantitative estimate of drug-likeness (QED) is 0.577. The zero-order valence-electron chi connectivity index (χ0n) is 12.6. The summed E-state index contributed by atoms with van der Waals surface area (Å²) in [6.07, 6.45) is 1.77. The molecule has 3 heterocycles. The maximum absolute atomic E-state index is 5.88. The van der Waals surface area contributed by atoms with E-state index in [0.29, 0.717) is 0 Å². The number of aromatic nitrogens is 4. The molecular formula is C18H15N5. The molecule has 5 heteroatoms. The standard InChI is InChI=1S/C18H15N5/c1-23-17-11-12(19)8-9-15(17)22-18(23)16-7-4-6-14(21-16)13-5-2-3-10-20-13/h2-11H,19H2,1H3. The summed E-state index contributed by atoms with van der Waals surface area (Å²) in [5, 5.41) is 0. The van der Waals surface area contributed by atoms with Crippen molar-refractivity contribution in [3.05, 3.63) is 60.8 Å². The predicted molar refractivity (Wildman–Crippen MR) is 91.6 cm³/mol. The largest absolute Gasteiger partial charge is 0.399 e. The number of pyridine rings is 2. The van der Waals surface area contributed by atoms with Gasteiger partial charge in [-0.05, 0) is 42.5 Å². The van der Waals surface area contributed by atoms with Crippen molar-refractivity contribution in [3.63, 3.8) is 0 Å². The molecule has 112 valence electrons. The second-order valence-corrected chi connectivity index (χ2v) is 5.37. The van der Waals surface area contributed by atoms with E-state index in [1.54, 1.807) is 6.20 Å². The first-order valence-corrected chi connectivity index (χ1v) is 7.33. The van der Waals surface area contributed by atoms with Crippen LogP contribution in [0.4, 0.5) is 5.69 Å². The maximum Gasteiger partial charge on any atom is 0.159 e. The summed E-state index contributed by atoms with van der Waals surface area (Å²) >= 11 is 0. The average Bonchev–Trinajstić information content (AvgIpc) is 2.92. The molecule has 5 nitrogen and oxygen atoms in total. The highest BCUT2D eigenvalue weighted by molar-refractivity contribution is 5.83. The van der Waals surface area contributed by atoms with Gasteiger partial charge in [0.05, 0.1) is 22.4 Å². The number of hydrogen-bond donors (Lipinski definition) is 1. The molecule has 4 aromatic rings. The fourth-order valence-corrected chi connectivity index (χ4v) is 2.65. The third-order valence-electron chi connectivity index (χ3n) is 3.81. The van der Waals surface area contributed by atoms with E-state index in [1.165, 1.54) is 0 Å². The van der Waals surface area contributed by atoms with Crippen LogP contribution in [-0.4, -0.2) is 19.5 Å². The zero-order valence-corrected chi connectivity index (χ0v) is 12.6. The first-order valence-electron chi connectivity index (χ1n) is 7.33. The number of nitrogen functional groups attached to an aromatic ring is 1. The molecule has 0 radical (unpaired) electrons. The van der Waals surface area contributed by atoms with Crippen LogP contribution < -0.4 is 5.73 Å². The number of nitrogens with two attached hydrogens (primary N) is 1. The second kappa shape index (κ2) is 5.21. The van der Waals surface area contributed by atoms with Gasteiger partial charge in [-0.25, -0.2) is 9.97 Å². The topological polar surface area (TPSA) is 69.6 Å². The minimum Gasteiger partial charge on any atom is -0.399 e. The fraction of sp³-hybridized carbons (Fsp3) is 0.0556. The maximum atomic E-state index is 5.88. The van der Waals surface area contributed by atoms with E-state index in [9.17, 15) is 0 Å². The van der Waals surface area contributed by atoms with Crippen molar-refractivity contribution in [1.82, 2.24) is 19.5 Å². The fourth-order valence-electron chi connectivity index (χ4n) is 2.65. The van der Waals surface area contributed by atoms with Crippen molar-refractivity contribution >= 4 is 16.7 Å². The Bertz CT molecular complexity index is 989. The highest BCUT2D eigenvalue weighted by atomic mass is 15.1. The Morgan fingerprint density at radius 2 is 1.70 bits per heavy atom. The van der Waals surface area contributed by atoms with Crippen LogP contribution >= 0.6 is 0 Å². The summed E-state index contributed by atoms with van der Waals surface area (Å²) < 4.78 is 2.01. The van der Waals surface area contributed by atoms with Gasteiger partial charge in [-0.1, -0.05) is 12.1 Å². The second-order valence-electron chi connectivity index (χ2n) is 5.37. The summed E-state index contributed by atoms with van der Waals surface area (Å²) in [6, 6.07) is 17.4. The highest BCUT2D eigenvalue weighted by Crippen LogP contribution is 2.25. The van der Waals surface area contributed by atoms with Crippen LogP contribution in [0, 0.1) is 0 Å². The molecule has 0 fully saturated rings. The van der Waals surface area contributed by atoms with E-state index in [4.69, 9.17) is 10.7 Å². The van der Waals surface area contributed by atoms with Crippen LogP contribution in [-0.2, 0) is 7.05 Å².